The summed E-state index contributed by atoms with van der Waals surface area (Å²) in [6.45, 7) is 4.11. The lowest BCUT2D eigenvalue weighted by Crippen LogP contribution is -2.41. The predicted molar refractivity (Wildman–Crippen MR) is 126 cm³/mol. The van der Waals surface area contributed by atoms with Gasteiger partial charge >= 0.3 is 0 Å². The first-order valence-corrected chi connectivity index (χ1v) is 10.9. The molecule has 1 saturated heterocycles. The van der Waals surface area contributed by atoms with Gasteiger partial charge in [-0.2, -0.15) is 4.98 Å². The summed E-state index contributed by atoms with van der Waals surface area (Å²) in [6.07, 6.45) is 3.34. The van der Waals surface area contributed by atoms with Gasteiger partial charge in [0.05, 0.1) is 7.11 Å². The quantitative estimate of drug-likeness (QED) is 0.587. The Morgan fingerprint density at radius 2 is 1.78 bits per heavy atom. The molecular formula is C25H29N5O2. The average molecular weight is 432 g/mol. The maximum absolute atomic E-state index is 12.6. The summed E-state index contributed by atoms with van der Waals surface area (Å²) >= 11 is 0. The largest absolute Gasteiger partial charge is 0.497 e. The van der Waals surface area contributed by atoms with Crippen molar-refractivity contribution < 1.29 is 9.53 Å². The van der Waals surface area contributed by atoms with Gasteiger partial charge < -0.3 is 20.3 Å². The van der Waals surface area contributed by atoms with Crippen molar-refractivity contribution in [2.24, 2.45) is 5.92 Å². The Kier molecular flexibility index (Phi) is 6.84. The number of ether oxygens (including phenoxy) is 1. The fourth-order valence-corrected chi connectivity index (χ4v) is 3.77. The molecular weight excluding hydrogens is 402 g/mol. The van der Waals surface area contributed by atoms with Gasteiger partial charge in [0.25, 0.3) is 0 Å². The van der Waals surface area contributed by atoms with E-state index in [1.54, 1.807) is 13.3 Å². The Labute approximate surface area is 188 Å². The van der Waals surface area contributed by atoms with Crippen LogP contribution in [0.25, 0.3) is 0 Å². The molecule has 7 heteroatoms. The molecule has 166 valence electrons. The molecule has 2 heterocycles. The third kappa shape index (κ3) is 5.55. The minimum absolute atomic E-state index is 0.0124. The molecule has 2 aromatic carbocycles. The smallest absolute Gasteiger partial charge is 0.227 e. The number of carbonyl (C=O) groups excluding carboxylic acids is 1. The monoisotopic (exact) mass is 431 g/mol. The highest BCUT2D eigenvalue weighted by Crippen LogP contribution is 2.23. The van der Waals surface area contributed by atoms with Crippen molar-refractivity contribution >= 4 is 23.4 Å². The first-order chi connectivity index (χ1) is 15.6. The molecule has 4 rings (SSSR count). The van der Waals surface area contributed by atoms with Gasteiger partial charge in [-0.05, 0) is 55.7 Å². The summed E-state index contributed by atoms with van der Waals surface area (Å²) in [5.41, 5.74) is 3.27. The number of nitrogens with one attached hydrogen (secondary N) is 2. The Morgan fingerprint density at radius 1 is 1.06 bits per heavy atom. The van der Waals surface area contributed by atoms with Crippen LogP contribution in [0.2, 0.25) is 0 Å². The van der Waals surface area contributed by atoms with Crippen LogP contribution in [0.3, 0.4) is 0 Å². The van der Waals surface area contributed by atoms with Crippen LogP contribution in [0, 0.1) is 12.8 Å². The molecule has 0 spiro atoms. The molecule has 0 atom stereocenters. The third-order valence-corrected chi connectivity index (χ3v) is 5.74. The number of rotatable bonds is 7. The highest BCUT2D eigenvalue weighted by Gasteiger charge is 2.26. The van der Waals surface area contributed by atoms with Crippen molar-refractivity contribution in [1.82, 2.24) is 15.3 Å². The summed E-state index contributed by atoms with van der Waals surface area (Å²) < 4.78 is 5.17. The average Bonchev–Trinajstić information content (AvgIpc) is 2.84. The SMILES string of the molecule is COc1ccc(CNC(=O)C2CCN(c3nccc(Nc4ccc(C)cc4)n3)CC2)cc1. The topological polar surface area (TPSA) is 79.4 Å². The number of piperidine rings is 1. The number of nitrogens with zero attached hydrogens (tertiary/aromatic N) is 3. The van der Waals surface area contributed by atoms with Crippen LogP contribution in [-0.2, 0) is 11.3 Å². The Morgan fingerprint density at radius 3 is 2.47 bits per heavy atom. The molecule has 1 aliphatic rings. The van der Waals surface area contributed by atoms with Crippen LogP contribution < -0.4 is 20.3 Å². The van der Waals surface area contributed by atoms with Crippen molar-refractivity contribution in [2.75, 3.05) is 30.4 Å². The Balaban J connectivity index is 1.28. The molecule has 0 aliphatic carbocycles. The molecule has 0 bridgehead atoms. The van der Waals surface area contributed by atoms with Crippen molar-refractivity contribution in [3.05, 3.63) is 71.9 Å². The molecule has 0 unspecified atom stereocenters. The van der Waals surface area contributed by atoms with Crippen molar-refractivity contribution in [1.29, 1.82) is 0 Å². The lowest BCUT2D eigenvalue weighted by atomic mass is 9.96. The first kappa shape index (κ1) is 21.6. The molecule has 0 saturated carbocycles. The van der Waals surface area contributed by atoms with E-state index in [9.17, 15) is 4.79 Å². The first-order valence-electron chi connectivity index (χ1n) is 10.9. The molecule has 1 amide bonds. The zero-order chi connectivity index (χ0) is 22.3. The zero-order valence-corrected chi connectivity index (χ0v) is 18.5. The minimum Gasteiger partial charge on any atom is -0.497 e. The van der Waals surface area contributed by atoms with Gasteiger partial charge in [-0.3, -0.25) is 4.79 Å². The van der Waals surface area contributed by atoms with Crippen LogP contribution in [0.1, 0.15) is 24.0 Å². The van der Waals surface area contributed by atoms with Crippen molar-refractivity contribution in [3.63, 3.8) is 0 Å². The number of carbonyl (C=O) groups is 1. The summed E-state index contributed by atoms with van der Waals surface area (Å²) in [5, 5.41) is 6.39. The molecule has 1 aromatic heterocycles. The molecule has 7 nitrogen and oxygen atoms in total. The second-order valence-electron chi connectivity index (χ2n) is 8.06. The molecule has 2 N–H and O–H groups in total. The molecule has 3 aromatic rings. The van der Waals surface area contributed by atoms with Gasteiger partial charge in [-0.25, -0.2) is 4.98 Å². The zero-order valence-electron chi connectivity index (χ0n) is 18.5. The fraction of sp³-hybridized carbons (Fsp3) is 0.320. The fourth-order valence-electron chi connectivity index (χ4n) is 3.77. The number of hydrogen-bond donors (Lipinski definition) is 2. The summed E-state index contributed by atoms with van der Waals surface area (Å²) in [7, 11) is 1.64. The van der Waals surface area contributed by atoms with E-state index < -0.39 is 0 Å². The third-order valence-electron chi connectivity index (χ3n) is 5.74. The second-order valence-corrected chi connectivity index (χ2v) is 8.06. The summed E-state index contributed by atoms with van der Waals surface area (Å²) in [6, 6.07) is 17.8. The number of benzene rings is 2. The van der Waals surface area contributed by atoms with Gasteiger partial charge in [0, 0.05) is 37.4 Å². The highest BCUT2D eigenvalue weighted by atomic mass is 16.5. The van der Waals surface area contributed by atoms with Crippen LogP contribution in [0.15, 0.2) is 60.8 Å². The minimum atomic E-state index is 0.0124. The van der Waals surface area contributed by atoms with Crippen LogP contribution in [-0.4, -0.2) is 36.1 Å². The Bertz CT molecular complexity index is 1030. The summed E-state index contributed by atoms with van der Waals surface area (Å²) in [4.78, 5) is 23.9. The number of anilines is 3. The van der Waals surface area contributed by atoms with Crippen LogP contribution in [0.5, 0.6) is 5.75 Å². The lowest BCUT2D eigenvalue weighted by Gasteiger charge is -2.31. The van der Waals surface area contributed by atoms with E-state index in [0.29, 0.717) is 12.5 Å². The number of aromatic nitrogens is 2. The van der Waals surface area contributed by atoms with Crippen molar-refractivity contribution in [3.8, 4) is 5.75 Å². The maximum Gasteiger partial charge on any atom is 0.227 e. The number of amides is 1. The standard InChI is InChI=1S/C25H29N5O2/c1-18-3-7-21(8-4-18)28-23-11-14-26-25(29-23)30-15-12-20(13-16-30)24(31)27-17-19-5-9-22(32-2)10-6-19/h3-11,14,20H,12-13,15-17H2,1-2H3,(H,27,31)(H,26,28,29). The van der Waals surface area contributed by atoms with E-state index in [-0.39, 0.29) is 11.8 Å². The highest BCUT2D eigenvalue weighted by molar-refractivity contribution is 5.79. The lowest BCUT2D eigenvalue weighted by molar-refractivity contribution is -0.125. The second kappa shape index (κ2) is 10.1. The van der Waals surface area contributed by atoms with Crippen molar-refractivity contribution in [2.45, 2.75) is 26.3 Å². The van der Waals surface area contributed by atoms with E-state index in [2.05, 4.69) is 44.6 Å². The number of hydrogen-bond acceptors (Lipinski definition) is 6. The van der Waals surface area contributed by atoms with Gasteiger partial charge in [-0.15, -0.1) is 0 Å². The summed E-state index contributed by atoms with van der Waals surface area (Å²) in [5.74, 6) is 2.39. The van der Waals surface area contributed by atoms with E-state index in [4.69, 9.17) is 4.74 Å². The van der Waals surface area contributed by atoms with E-state index in [1.807, 2.05) is 42.5 Å². The maximum atomic E-state index is 12.6. The Hall–Kier alpha value is -3.61. The van der Waals surface area contributed by atoms with Gasteiger partial charge in [-0.1, -0.05) is 29.8 Å². The van der Waals surface area contributed by atoms with E-state index >= 15 is 0 Å². The molecule has 0 radical (unpaired) electrons. The van der Waals surface area contributed by atoms with Crippen LogP contribution >= 0.6 is 0 Å². The van der Waals surface area contributed by atoms with E-state index in [0.717, 1.165) is 48.7 Å². The number of aryl methyl sites for hydroxylation is 1. The van der Waals surface area contributed by atoms with Crippen LogP contribution in [0.4, 0.5) is 17.5 Å². The van der Waals surface area contributed by atoms with Gasteiger partial charge in [0.15, 0.2) is 0 Å². The predicted octanol–water partition coefficient (Wildman–Crippen LogP) is 4.07. The van der Waals surface area contributed by atoms with Gasteiger partial charge in [0.2, 0.25) is 11.9 Å². The molecule has 1 aliphatic heterocycles. The molecule has 1 fully saturated rings. The number of methoxy groups -OCH3 is 1. The van der Waals surface area contributed by atoms with Gasteiger partial charge in [0.1, 0.15) is 11.6 Å². The molecule has 32 heavy (non-hydrogen) atoms. The van der Waals surface area contributed by atoms with E-state index in [1.165, 1.54) is 5.56 Å². The normalized spacial score (nSPS) is 14.1.